The highest BCUT2D eigenvalue weighted by Crippen LogP contribution is 2.25. The molecule has 2 N–H and O–H groups in total. The standard InChI is InChI=1S/C25H30ClF3N4O4S/c1-25(2,3)14-32(12-21(28)29)18(11-30-24(36)19-6-7-20(26)38-19)23(35)31-17-5-4-15(10-16(17)27)33-8-9-37-13-22(33)34/h4-7,10,18,21H,8-9,11-14H2,1-3H3,(H,30,36)(H,31,35)/t18-/m0/s1. The fourth-order valence-corrected chi connectivity index (χ4v) is 4.93. The number of morpholine rings is 1. The van der Waals surface area contributed by atoms with E-state index in [0.717, 1.165) is 17.4 Å². The minimum Gasteiger partial charge on any atom is -0.370 e. The number of hydrogen-bond acceptors (Lipinski definition) is 6. The molecule has 1 aromatic heterocycles. The van der Waals surface area contributed by atoms with Crippen LogP contribution in [0.5, 0.6) is 0 Å². The Morgan fingerprint density at radius 1 is 1.24 bits per heavy atom. The first-order valence-corrected chi connectivity index (χ1v) is 13.1. The molecule has 0 spiro atoms. The second-order valence-corrected chi connectivity index (χ2v) is 11.7. The van der Waals surface area contributed by atoms with Crippen molar-refractivity contribution in [3.63, 3.8) is 0 Å². The average molecular weight is 575 g/mol. The van der Waals surface area contributed by atoms with Crippen molar-refractivity contribution in [1.29, 1.82) is 0 Å². The maximum atomic E-state index is 15.0. The van der Waals surface area contributed by atoms with E-state index in [1.54, 1.807) is 6.07 Å². The minimum absolute atomic E-state index is 0.108. The highest BCUT2D eigenvalue weighted by molar-refractivity contribution is 7.18. The fourth-order valence-electron chi connectivity index (χ4n) is 3.97. The summed E-state index contributed by atoms with van der Waals surface area (Å²) in [4.78, 5) is 41.0. The van der Waals surface area contributed by atoms with Crippen LogP contribution in [0, 0.1) is 11.2 Å². The van der Waals surface area contributed by atoms with Gasteiger partial charge in [0.2, 0.25) is 5.91 Å². The highest BCUT2D eigenvalue weighted by Gasteiger charge is 2.32. The van der Waals surface area contributed by atoms with Gasteiger partial charge in [0.25, 0.3) is 18.2 Å². The van der Waals surface area contributed by atoms with Crippen LogP contribution in [0.15, 0.2) is 30.3 Å². The number of benzene rings is 1. The van der Waals surface area contributed by atoms with Crippen molar-refractivity contribution in [3.05, 3.63) is 45.4 Å². The van der Waals surface area contributed by atoms with Crippen LogP contribution < -0.4 is 15.5 Å². The van der Waals surface area contributed by atoms with Crippen LogP contribution in [-0.2, 0) is 14.3 Å². The Morgan fingerprint density at radius 2 is 1.97 bits per heavy atom. The van der Waals surface area contributed by atoms with Gasteiger partial charge < -0.3 is 20.3 Å². The van der Waals surface area contributed by atoms with E-state index >= 15 is 0 Å². The molecule has 3 amide bonds. The van der Waals surface area contributed by atoms with Gasteiger partial charge in [-0.15, -0.1) is 11.3 Å². The zero-order chi connectivity index (χ0) is 28.0. The van der Waals surface area contributed by atoms with Gasteiger partial charge in [-0.05, 0) is 35.7 Å². The van der Waals surface area contributed by atoms with E-state index in [1.165, 1.54) is 28.0 Å². The number of amides is 3. The van der Waals surface area contributed by atoms with Gasteiger partial charge in [-0.1, -0.05) is 32.4 Å². The largest absolute Gasteiger partial charge is 0.370 e. The summed E-state index contributed by atoms with van der Waals surface area (Å²) in [5, 5.41) is 5.07. The Kier molecular flexibility index (Phi) is 10.2. The van der Waals surface area contributed by atoms with Crippen molar-refractivity contribution in [1.82, 2.24) is 10.2 Å². The summed E-state index contributed by atoms with van der Waals surface area (Å²) in [5.74, 6) is -2.41. The molecule has 1 atom stereocenters. The summed E-state index contributed by atoms with van der Waals surface area (Å²) < 4.78 is 47.5. The molecule has 0 unspecified atom stereocenters. The number of nitrogens with zero attached hydrogens (tertiary/aromatic N) is 2. The third kappa shape index (κ3) is 8.42. The smallest absolute Gasteiger partial charge is 0.261 e. The summed E-state index contributed by atoms with van der Waals surface area (Å²) in [6, 6.07) is 5.72. The molecule has 0 saturated carbocycles. The number of halogens is 4. The minimum atomic E-state index is -2.75. The zero-order valence-corrected chi connectivity index (χ0v) is 22.8. The van der Waals surface area contributed by atoms with Crippen LogP contribution >= 0.6 is 22.9 Å². The number of ether oxygens (including phenoxy) is 1. The van der Waals surface area contributed by atoms with Crippen molar-refractivity contribution in [2.45, 2.75) is 33.2 Å². The monoisotopic (exact) mass is 574 g/mol. The first-order valence-electron chi connectivity index (χ1n) is 11.9. The lowest BCUT2D eigenvalue weighted by atomic mass is 9.95. The molecule has 0 bridgehead atoms. The molecule has 1 saturated heterocycles. The molecule has 0 radical (unpaired) electrons. The number of carbonyl (C=O) groups excluding carboxylic acids is 3. The second kappa shape index (κ2) is 12.9. The molecule has 3 rings (SSSR count). The van der Waals surface area contributed by atoms with Gasteiger partial charge in [0.05, 0.1) is 28.1 Å². The molecule has 1 aromatic carbocycles. The molecule has 2 heterocycles. The Hall–Kier alpha value is -2.67. The van der Waals surface area contributed by atoms with Gasteiger partial charge in [-0.25, -0.2) is 13.2 Å². The van der Waals surface area contributed by atoms with Crippen molar-refractivity contribution in [2.24, 2.45) is 5.41 Å². The molecule has 1 aliphatic heterocycles. The van der Waals surface area contributed by atoms with Crippen LogP contribution in [0.4, 0.5) is 24.5 Å². The lowest BCUT2D eigenvalue weighted by Gasteiger charge is -2.35. The van der Waals surface area contributed by atoms with E-state index in [1.807, 2.05) is 20.8 Å². The predicted octanol–water partition coefficient (Wildman–Crippen LogP) is 4.25. The maximum absolute atomic E-state index is 15.0. The lowest BCUT2D eigenvalue weighted by molar-refractivity contribution is -0.125. The molecule has 208 valence electrons. The number of thiophene rings is 1. The SMILES string of the molecule is CC(C)(C)CN(CC(F)F)[C@@H](CNC(=O)c1ccc(Cl)s1)C(=O)Nc1ccc(N2CCOCC2=O)cc1F. The number of rotatable bonds is 10. The van der Waals surface area contributed by atoms with Crippen molar-refractivity contribution in [3.8, 4) is 0 Å². The Morgan fingerprint density at radius 3 is 2.55 bits per heavy atom. The van der Waals surface area contributed by atoms with E-state index in [4.69, 9.17) is 16.3 Å². The highest BCUT2D eigenvalue weighted by atomic mass is 35.5. The van der Waals surface area contributed by atoms with Crippen LogP contribution in [0.25, 0.3) is 0 Å². The van der Waals surface area contributed by atoms with Crippen LogP contribution in [0.1, 0.15) is 30.4 Å². The number of alkyl halides is 2. The predicted molar refractivity (Wildman–Crippen MR) is 141 cm³/mol. The van der Waals surface area contributed by atoms with E-state index in [2.05, 4.69) is 10.6 Å². The van der Waals surface area contributed by atoms with Gasteiger partial charge in [0, 0.05) is 25.3 Å². The molecular weight excluding hydrogens is 545 g/mol. The van der Waals surface area contributed by atoms with E-state index in [9.17, 15) is 27.6 Å². The summed E-state index contributed by atoms with van der Waals surface area (Å²) in [5.41, 5.74) is -0.344. The van der Waals surface area contributed by atoms with Crippen LogP contribution in [0.2, 0.25) is 4.34 Å². The summed E-state index contributed by atoms with van der Waals surface area (Å²) in [7, 11) is 0. The van der Waals surface area contributed by atoms with Gasteiger partial charge >= 0.3 is 0 Å². The van der Waals surface area contributed by atoms with Crippen LogP contribution in [-0.4, -0.2) is 74.5 Å². The lowest BCUT2D eigenvalue weighted by Crippen LogP contribution is -2.54. The quantitative estimate of drug-likeness (QED) is 0.443. The fraction of sp³-hybridized carbons (Fsp3) is 0.480. The van der Waals surface area contributed by atoms with E-state index in [-0.39, 0.29) is 37.8 Å². The van der Waals surface area contributed by atoms with E-state index in [0.29, 0.717) is 21.5 Å². The third-order valence-electron chi connectivity index (χ3n) is 5.55. The first-order chi connectivity index (χ1) is 17.8. The van der Waals surface area contributed by atoms with Gasteiger partial charge in [-0.3, -0.25) is 19.3 Å². The number of carbonyl (C=O) groups is 3. The number of anilines is 2. The summed E-state index contributed by atoms with van der Waals surface area (Å²) in [6.07, 6.45) is -2.75. The van der Waals surface area contributed by atoms with Gasteiger partial charge in [0.1, 0.15) is 18.5 Å². The van der Waals surface area contributed by atoms with Crippen molar-refractivity contribution < 1.29 is 32.3 Å². The van der Waals surface area contributed by atoms with Crippen molar-refractivity contribution in [2.75, 3.05) is 49.6 Å². The Balaban J connectivity index is 1.82. The van der Waals surface area contributed by atoms with Crippen molar-refractivity contribution >= 4 is 52.0 Å². The summed E-state index contributed by atoms with van der Waals surface area (Å²) in [6.45, 7) is 5.03. The zero-order valence-electron chi connectivity index (χ0n) is 21.2. The molecular formula is C25H30ClF3N4O4S. The molecule has 1 fully saturated rings. The third-order valence-corrected chi connectivity index (χ3v) is 6.78. The Labute approximate surface area is 228 Å². The second-order valence-electron chi connectivity index (χ2n) is 9.96. The average Bonchev–Trinajstić information content (AvgIpc) is 3.25. The van der Waals surface area contributed by atoms with Gasteiger partial charge in [-0.2, -0.15) is 0 Å². The molecule has 8 nitrogen and oxygen atoms in total. The summed E-state index contributed by atoms with van der Waals surface area (Å²) >= 11 is 6.93. The van der Waals surface area contributed by atoms with Gasteiger partial charge in [0.15, 0.2) is 0 Å². The molecule has 0 aliphatic carbocycles. The molecule has 1 aliphatic rings. The number of hydrogen-bond donors (Lipinski definition) is 2. The normalized spacial score (nSPS) is 15.2. The number of nitrogens with one attached hydrogen (secondary N) is 2. The van der Waals surface area contributed by atoms with E-state index < -0.39 is 42.1 Å². The molecule has 13 heteroatoms. The topological polar surface area (TPSA) is 91.0 Å². The molecule has 2 aromatic rings. The maximum Gasteiger partial charge on any atom is 0.261 e. The first kappa shape index (κ1) is 29.9. The van der Waals surface area contributed by atoms with Crippen LogP contribution in [0.3, 0.4) is 0 Å². The molecule has 38 heavy (non-hydrogen) atoms. The Bertz CT molecular complexity index is 1160.